The van der Waals surface area contributed by atoms with Gasteiger partial charge in [0, 0.05) is 26.7 Å². The summed E-state index contributed by atoms with van der Waals surface area (Å²) >= 11 is 0. The molecule has 0 aliphatic heterocycles. The zero-order valence-corrected chi connectivity index (χ0v) is 9.28. The van der Waals surface area contributed by atoms with Crippen molar-refractivity contribution in [2.24, 2.45) is 0 Å². The molecule has 3 nitrogen and oxygen atoms in total. The van der Waals surface area contributed by atoms with Crippen LogP contribution in [0.2, 0.25) is 0 Å². The van der Waals surface area contributed by atoms with E-state index in [1.807, 2.05) is 51.5 Å². The number of hydrogen-bond acceptors (Lipinski definition) is 3. The summed E-state index contributed by atoms with van der Waals surface area (Å²) in [5, 5.41) is 12.1. The minimum Gasteiger partial charge on any atom is -0.385 e. The predicted octanol–water partition coefficient (Wildman–Crippen LogP) is 1.66. The van der Waals surface area contributed by atoms with E-state index in [1.54, 1.807) is 4.90 Å². The van der Waals surface area contributed by atoms with E-state index in [2.05, 4.69) is 11.4 Å². The highest BCUT2D eigenvalue weighted by atomic mass is 15.1. The standard InChI is InChI=1S/C12H15N3/c1-14-12(11(9-13)15(2)3)10-7-5-4-6-8-10/h4-8,14H,1-3H3/b12-11-. The molecule has 78 valence electrons. The Morgan fingerprint density at radius 3 is 2.27 bits per heavy atom. The first-order valence-electron chi connectivity index (χ1n) is 4.75. The minimum absolute atomic E-state index is 0.628. The lowest BCUT2D eigenvalue weighted by molar-refractivity contribution is 0.533. The second kappa shape index (κ2) is 5.06. The van der Waals surface area contributed by atoms with Gasteiger partial charge in [0.1, 0.15) is 11.8 Å². The van der Waals surface area contributed by atoms with E-state index in [-0.39, 0.29) is 0 Å². The molecule has 0 heterocycles. The fraction of sp³-hybridized carbons (Fsp3) is 0.250. The van der Waals surface area contributed by atoms with E-state index in [1.165, 1.54) is 0 Å². The lowest BCUT2D eigenvalue weighted by Gasteiger charge is -2.16. The molecule has 0 unspecified atom stereocenters. The summed E-state index contributed by atoms with van der Waals surface area (Å²) in [6, 6.07) is 12.0. The molecule has 0 amide bonds. The van der Waals surface area contributed by atoms with Crippen molar-refractivity contribution in [3.8, 4) is 6.07 Å². The van der Waals surface area contributed by atoms with E-state index in [0.29, 0.717) is 5.70 Å². The van der Waals surface area contributed by atoms with Crippen molar-refractivity contribution < 1.29 is 0 Å². The molecule has 0 bridgehead atoms. The summed E-state index contributed by atoms with van der Waals surface area (Å²) in [7, 11) is 5.54. The van der Waals surface area contributed by atoms with Crippen molar-refractivity contribution in [1.29, 1.82) is 5.26 Å². The summed E-state index contributed by atoms with van der Waals surface area (Å²) in [5.74, 6) is 0. The molecular formula is C12H15N3. The lowest BCUT2D eigenvalue weighted by atomic mass is 10.1. The van der Waals surface area contributed by atoms with Crippen LogP contribution in [0.4, 0.5) is 0 Å². The summed E-state index contributed by atoms with van der Waals surface area (Å²) < 4.78 is 0. The first-order chi connectivity index (χ1) is 7.20. The third-order valence-corrected chi connectivity index (χ3v) is 2.10. The Bertz CT molecular complexity index is 385. The van der Waals surface area contributed by atoms with Crippen LogP contribution in [-0.4, -0.2) is 26.0 Å². The van der Waals surface area contributed by atoms with Crippen molar-refractivity contribution in [3.05, 3.63) is 41.6 Å². The van der Waals surface area contributed by atoms with Crippen LogP contribution in [0.1, 0.15) is 5.56 Å². The van der Waals surface area contributed by atoms with Crippen molar-refractivity contribution in [2.45, 2.75) is 0 Å². The van der Waals surface area contributed by atoms with Crippen LogP contribution in [0.15, 0.2) is 36.0 Å². The Morgan fingerprint density at radius 2 is 1.87 bits per heavy atom. The van der Waals surface area contributed by atoms with Gasteiger partial charge in [0.15, 0.2) is 0 Å². The summed E-state index contributed by atoms with van der Waals surface area (Å²) in [5.41, 5.74) is 2.50. The van der Waals surface area contributed by atoms with Crippen LogP contribution in [-0.2, 0) is 0 Å². The third-order valence-electron chi connectivity index (χ3n) is 2.10. The summed E-state index contributed by atoms with van der Waals surface area (Å²) in [6.45, 7) is 0. The molecular weight excluding hydrogens is 186 g/mol. The average Bonchev–Trinajstić information content (AvgIpc) is 2.26. The van der Waals surface area contributed by atoms with Gasteiger partial charge >= 0.3 is 0 Å². The van der Waals surface area contributed by atoms with E-state index >= 15 is 0 Å². The molecule has 15 heavy (non-hydrogen) atoms. The number of nitrogens with one attached hydrogen (secondary N) is 1. The molecule has 0 aliphatic carbocycles. The average molecular weight is 201 g/mol. The number of benzene rings is 1. The van der Waals surface area contributed by atoms with Crippen LogP contribution in [0.3, 0.4) is 0 Å². The first-order valence-corrected chi connectivity index (χ1v) is 4.75. The minimum atomic E-state index is 0.628. The molecule has 1 rings (SSSR count). The van der Waals surface area contributed by atoms with Gasteiger partial charge in [-0.1, -0.05) is 30.3 Å². The Labute approximate surface area is 90.6 Å². The molecule has 0 radical (unpaired) electrons. The maximum atomic E-state index is 9.07. The van der Waals surface area contributed by atoms with E-state index in [4.69, 9.17) is 5.26 Å². The molecule has 3 heteroatoms. The molecule has 0 aromatic heterocycles. The number of nitrogens with zero attached hydrogens (tertiary/aromatic N) is 2. The van der Waals surface area contributed by atoms with Crippen LogP contribution in [0.5, 0.6) is 0 Å². The third kappa shape index (κ3) is 2.50. The van der Waals surface area contributed by atoms with Gasteiger partial charge in [-0.25, -0.2) is 0 Å². The van der Waals surface area contributed by atoms with Gasteiger partial charge in [0.25, 0.3) is 0 Å². The topological polar surface area (TPSA) is 39.1 Å². The molecule has 0 aliphatic rings. The highest BCUT2D eigenvalue weighted by Crippen LogP contribution is 2.16. The Hall–Kier alpha value is -1.95. The van der Waals surface area contributed by atoms with Crippen molar-refractivity contribution in [3.63, 3.8) is 0 Å². The second-order valence-electron chi connectivity index (χ2n) is 3.35. The summed E-state index contributed by atoms with van der Waals surface area (Å²) in [4.78, 5) is 1.80. The number of rotatable bonds is 3. The zero-order chi connectivity index (χ0) is 11.3. The van der Waals surface area contributed by atoms with Gasteiger partial charge in [0.05, 0.1) is 5.70 Å². The normalized spacial score (nSPS) is 11.3. The maximum absolute atomic E-state index is 9.07. The summed E-state index contributed by atoms with van der Waals surface area (Å²) in [6.07, 6.45) is 0. The van der Waals surface area contributed by atoms with Gasteiger partial charge in [-0.05, 0) is 0 Å². The molecule has 1 aromatic rings. The largest absolute Gasteiger partial charge is 0.385 e. The highest BCUT2D eigenvalue weighted by Gasteiger charge is 2.08. The first kappa shape index (κ1) is 11.1. The Kier molecular flexibility index (Phi) is 3.75. The van der Waals surface area contributed by atoms with E-state index < -0.39 is 0 Å². The lowest BCUT2D eigenvalue weighted by Crippen LogP contribution is -2.17. The van der Waals surface area contributed by atoms with Gasteiger partial charge < -0.3 is 10.2 Å². The molecule has 0 atom stereocenters. The van der Waals surface area contributed by atoms with Crippen molar-refractivity contribution in [1.82, 2.24) is 10.2 Å². The van der Waals surface area contributed by atoms with Crippen LogP contribution in [0.25, 0.3) is 5.70 Å². The maximum Gasteiger partial charge on any atom is 0.139 e. The van der Waals surface area contributed by atoms with E-state index in [0.717, 1.165) is 11.3 Å². The molecule has 0 saturated heterocycles. The Morgan fingerprint density at radius 1 is 1.27 bits per heavy atom. The van der Waals surface area contributed by atoms with Gasteiger partial charge in [0.2, 0.25) is 0 Å². The van der Waals surface area contributed by atoms with E-state index in [9.17, 15) is 0 Å². The van der Waals surface area contributed by atoms with Crippen LogP contribution >= 0.6 is 0 Å². The molecule has 1 aromatic carbocycles. The predicted molar refractivity (Wildman–Crippen MR) is 61.7 cm³/mol. The van der Waals surface area contributed by atoms with Crippen molar-refractivity contribution >= 4 is 5.70 Å². The number of nitriles is 1. The molecule has 0 spiro atoms. The van der Waals surface area contributed by atoms with Gasteiger partial charge in [-0.3, -0.25) is 0 Å². The molecule has 0 saturated carbocycles. The molecule has 1 N–H and O–H groups in total. The SMILES string of the molecule is CN/C(=C(/C#N)N(C)C)c1ccccc1. The van der Waals surface area contributed by atoms with Gasteiger partial charge in [-0.15, -0.1) is 0 Å². The van der Waals surface area contributed by atoms with Crippen molar-refractivity contribution in [2.75, 3.05) is 21.1 Å². The smallest absolute Gasteiger partial charge is 0.139 e. The van der Waals surface area contributed by atoms with Crippen LogP contribution in [0, 0.1) is 11.3 Å². The van der Waals surface area contributed by atoms with Crippen LogP contribution < -0.4 is 5.32 Å². The second-order valence-corrected chi connectivity index (χ2v) is 3.35. The molecule has 0 fully saturated rings. The monoisotopic (exact) mass is 201 g/mol. The highest BCUT2D eigenvalue weighted by molar-refractivity contribution is 5.69. The zero-order valence-electron chi connectivity index (χ0n) is 9.28. The number of hydrogen-bond donors (Lipinski definition) is 1. The quantitative estimate of drug-likeness (QED) is 0.756. The Balaban J connectivity index is 3.25. The number of allylic oxidation sites excluding steroid dienone is 1. The fourth-order valence-corrected chi connectivity index (χ4v) is 1.38. The van der Waals surface area contributed by atoms with Gasteiger partial charge in [-0.2, -0.15) is 5.26 Å². The fourth-order valence-electron chi connectivity index (χ4n) is 1.38.